The number of rotatable bonds is 11. The molecule has 3 rings (SSSR count). The second-order valence-corrected chi connectivity index (χ2v) is 7.72. The molecule has 2 aromatic carbocycles. The van der Waals surface area contributed by atoms with Gasteiger partial charge in [0.25, 0.3) is 5.91 Å². The number of carbonyl (C=O) groups excluding carboxylic acids is 2. The Hall–Kier alpha value is -4.75. The highest BCUT2D eigenvalue weighted by Gasteiger charge is 2.16. The molecule has 0 bridgehead atoms. The quantitative estimate of drug-likeness (QED) is 0.258. The van der Waals surface area contributed by atoms with Crippen LogP contribution in [0.2, 0.25) is 0 Å². The van der Waals surface area contributed by atoms with Crippen LogP contribution in [-0.2, 0) is 4.79 Å². The van der Waals surface area contributed by atoms with E-state index in [0.717, 1.165) is 6.42 Å². The fraction of sp³-hybridized carbons (Fsp3) is 0.192. The van der Waals surface area contributed by atoms with Crippen LogP contribution in [0.3, 0.4) is 0 Å². The minimum Gasteiger partial charge on any atom is -0.369 e. The first-order valence-corrected chi connectivity index (χ1v) is 11.4. The maximum Gasteiger partial charge on any atom is 0.260 e. The molecular weight excluding hydrogens is 456 g/mol. The smallest absolute Gasteiger partial charge is 0.260 e. The fourth-order valence-corrected chi connectivity index (χ4v) is 3.19. The van der Waals surface area contributed by atoms with Gasteiger partial charge in [0.1, 0.15) is 17.4 Å². The molecule has 184 valence electrons. The summed E-state index contributed by atoms with van der Waals surface area (Å²) in [6, 6.07) is 15.2. The van der Waals surface area contributed by atoms with Crippen molar-refractivity contribution in [1.82, 2.24) is 15.3 Å². The molecule has 1 aromatic heterocycles. The molecule has 5 N–H and O–H groups in total. The Labute approximate surface area is 209 Å². The summed E-state index contributed by atoms with van der Waals surface area (Å²) in [5, 5.41) is 23.7. The van der Waals surface area contributed by atoms with Crippen molar-refractivity contribution in [2.75, 3.05) is 34.9 Å². The summed E-state index contributed by atoms with van der Waals surface area (Å²) in [7, 11) is 1.67. The number of nitrogens with one attached hydrogen (secondary N) is 5. The largest absolute Gasteiger partial charge is 0.369 e. The third kappa shape index (κ3) is 6.88. The number of anilines is 5. The topological polar surface area (TPSA) is 144 Å². The number of hydrogen-bond donors (Lipinski definition) is 5. The van der Waals surface area contributed by atoms with E-state index in [1.165, 1.54) is 12.3 Å². The van der Waals surface area contributed by atoms with Crippen LogP contribution in [0, 0.1) is 11.3 Å². The van der Waals surface area contributed by atoms with Crippen molar-refractivity contribution < 1.29 is 9.59 Å². The lowest BCUT2D eigenvalue weighted by Crippen LogP contribution is -2.36. The lowest BCUT2D eigenvalue weighted by Gasteiger charge is -2.14. The number of benzene rings is 2. The molecule has 0 spiro atoms. The molecule has 0 saturated heterocycles. The summed E-state index contributed by atoms with van der Waals surface area (Å²) in [6.07, 6.45) is 3.79. The van der Waals surface area contributed by atoms with Gasteiger partial charge in [0.15, 0.2) is 0 Å². The third-order valence-electron chi connectivity index (χ3n) is 5.06. The van der Waals surface area contributed by atoms with E-state index in [9.17, 15) is 9.59 Å². The van der Waals surface area contributed by atoms with Crippen molar-refractivity contribution in [2.45, 2.75) is 19.4 Å². The average Bonchev–Trinajstić information content (AvgIpc) is 2.89. The van der Waals surface area contributed by atoms with E-state index in [4.69, 9.17) is 5.26 Å². The zero-order chi connectivity index (χ0) is 25.9. The van der Waals surface area contributed by atoms with E-state index < -0.39 is 11.9 Å². The number of nitrogens with zero attached hydrogens (tertiary/aromatic N) is 3. The van der Waals surface area contributed by atoms with Crippen molar-refractivity contribution in [3.8, 4) is 6.07 Å². The van der Waals surface area contributed by atoms with E-state index >= 15 is 0 Å². The lowest BCUT2D eigenvalue weighted by atomic mass is 10.2. The summed E-state index contributed by atoms with van der Waals surface area (Å²) in [5.74, 6) is 0.0238. The predicted molar refractivity (Wildman–Crippen MR) is 141 cm³/mol. The van der Waals surface area contributed by atoms with E-state index in [1.807, 2.05) is 6.92 Å². The Balaban J connectivity index is 1.77. The van der Waals surface area contributed by atoms with Gasteiger partial charge in [0, 0.05) is 29.8 Å². The second kappa shape index (κ2) is 12.6. The van der Waals surface area contributed by atoms with Crippen LogP contribution in [0.5, 0.6) is 0 Å². The van der Waals surface area contributed by atoms with Gasteiger partial charge in [-0.3, -0.25) is 9.59 Å². The van der Waals surface area contributed by atoms with Gasteiger partial charge in [-0.25, -0.2) is 4.98 Å². The first kappa shape index (κ1) is 25.9. The number of carbonyl (C=O) groups is 2. The van der Waals surface area contributed by atoms with Gasteiger partial charge >= 0.3 is 0 Å². The summed E-state index contributed by atoms with van der Waals surface area (Å²) < 4.78 is 0. The van der Waals surface area contributed by atoms with Crippen LogP contribution < -0.4 is 26.6 Å². The molecule has 0 fully saturated rings. The maximum absolute atomic E-state index is 13.1. The van der Waals surface area contributed by atoms with E-state index in [1.54, 1.807) is 55.6 Å². The highest BCUT2D eigenvalue weighted by Crippen LogP contribution is 2.21. The third-order valence-corrected chi connectivity index (χ3v) is 5.06. The van der Waals surface area contributed by atoms with Crippen molar-refractivity contribution >= 4 is 40.6 Å². The molecule has 0 aliphatic heterocycles. The van der Waals surface area contributed by atoms with E-state index in [-0.39, 0.29) is 11.5 Å². The monoisotopic (exact) mass is 484 g/mol. The number of hydrogen-bond acceptors (Lipinski definition) is 8. The molecule has 0 unspecified atom stereocenters. The summed E-state index contributed by atoms with van der Waals surface area (Å²) >= 11 is 0. The predicted octanol–water partition coefficient (Wildman–Crippen LogP) is 3.88. The minimum absolute atomic E-state index is 0.263. The number of nitriles is 1. The van der Waals surface area contributed by atoms with Gasteiger partial charge < -0.3 is 26.6 Å². The Morgan fingerprint density at radius 2 is 1.83 bits per heavy atom. The summed E-state index contributed by atoms with van der Waals surface area (Å²) in [4.78, 5) is 34.1. The normalized spacial score (nSPS) is 11.0. The van der Waals surface area contributed by atoms with Crippen LogP contribution in [-0.4, -0.2) is 41.4 Å². The van der Waals surface area contributed by atoms with Crippen LogP contribution in [0.4, 0.5) is 28.8 Å². The van der Waals surface area contributed by atoms with Crippen molar-refractivity contribution in [3.63, 3.8) is 0 Å². The van der Waals surface area contributed by atoms with Crippen molar-refractivity contribution in [3.05, 3.63) is 78.5 Å². The highest BCUT2D eigenvalue weighted by molar-refractivity contribution is 6.07. The van der Waals surface area contributed by atoms with Crippen molar-refractivity contribution in [1.29, 1.82) is 5.26 Å². The van der Waals surface area contributed by atoms with Crippen LogP contribution >= 0.6 is 0 Å². The minimum atomic E-state index is -0.538. The standard InChI is InChI=1S/C26H28N8O2/c1-4-13-29-23-21(16-30-26(34-23)33-18-11-9-17(15-27)10-12-18)24(35)31-19-7-6-8-20(14-19)32-25(36)22(5-2)28-3/h5-12,14,16,22,28H,2,4,13H2,1,3H3,(H,31,35)(H,32,36)(H2,29,30,33,34)/t22-/m0/s1. The number of aromatic nitrogens is 2. The van der Waals surface area contributed by atoms with Gasteiger partial charge in [-0.1, -0.05) is 19.1 Å². The van der Waals surface area contributed by atoms with Gasteiger partial charge in [-0.2, -0.15) is 10.2 Å². The molecular formula is C26H28N8O2. The first-order chi connectivity index (χ1) is 17.5. The lowest BCUT2D eigenvalue weighted by molar-refractivity contribution is -0.117. The molecule has 0 aliphatic carbocycles. The molecule has 1 heterocycles. The fourth-order valence-electron chi connectivity index (χ4n) is 3.19. The highest BCUT2D eigenvalue weighted by atomic mass is 16.2. The van der Waals surface area contributed by atoms with Gasteiger partial charge in [-0.15, -0.1) is 6.58 Å². The van der Waals surface area contributed by atoms with Crippen LogP contribution in [0.15, 0.2) is 67.4 Å². The molecule has 10 nitrogen and oxygen atoms in total. The molecule has 0 aliphatic rings. The SMILES string of the molecule is C=C[C@H](NC)C(=O)Nc1cccc(NC(=O)c2cnc(Nc3ccc(C#N)cc3)nc2NCCC)c1. The molecule has 10 heteroatoms. The molecule has 0 saturated carbocycles. The summed E-state index contributed by atoms with van der Waals surface area (Å²) in [6.45, 7) is 6.26. The van der Waals surface area contributed by atoms with Crippen LogP contribution in [0.25, 0.3) is 0 Å². The van der Waals surface area contributed by atoms with E-state index in [2.05, 4.69) is 49.2 Å². The molecule has 0 radical (unpaired) electrons. The Morgan fingerprint density at radius 3 is 2.47 bits per heavy atom. The Morgan fingerprint density at radius 1 is 1.11 bits per heavy atom. The van der Waals surface area contributed by atoms with E-state index in [0.29, 0.717) is 40.9 Å². The van der Waals surface area contributed by atoms with Gasteiger partial charge in [0.05, 0.1) is 11.6 Å². The number of likely N-dealkylation sites (N-methyl/N-ethyl adjacent to an activating group) is 1. The molecule has 2 amide bonds. The first-order valence-electron chi connectivity index (χ1n) is 11.4. The molecule has 3 aromatic rings. The zero-order valence-electron chi connectivity index (χ0n) is 20.1. The Kier molecular flexibility index (Phi) is 9.08. The maximum atomic E-state index is 13.1. The zero-order valence-corrected chi connectivity index (χ0v) is 20.1. The molecule has 1 atom stereocenters. The summed E-state index contributed by atoms with van der Waals surface area (Å²) in [5.41, 5.74) is 2.56. The van der Waals surface area contributed by atoms with Crippen molar-refractivity contribution in [2.24, 2.45) is 0 Å². The van der Waals surface area contributed by atoms with Crippen LogP contribution in [0.1, 0.15) is 29.3 Å². The average molecular weight is 485 g/mol. The van der Waals surface area contributed by atoms with Gasteiger partial charge in [0.2, 0.25) is 11.9 Å². The Bertz CT molecular complexity index is 1270. The number of amides is 2. The van der Waals surface area contributed by atoms with Gasteiger partial charge in [-0.05, 0) is 55.9 Å². The molecule has 36 heavy (non-hydrogen) atoms. The second-order valence-electron chi connectivity index (χ2n) is 7.72.